The fourth-order valence-electron chi connectivity index (χ4n) is 1.38. The SMILES string of the molecule is C=CC1OC(=O)Nc2ccc(F)cc21. The monoisotopic (exact) mass is 193 g/mol. The van der Waals surface area contributed by atoms with E-state index in [-0.39, 0.29) is 5.82 Å². The minimum Gasteiger partial charge on any atom is -0.437 e. The third-order valence-electron chi connectivity index (χ3n) is 2.00. The molecule has 0 fully saturated rings. The highest BCUT2D eigenvalue weighted by molar-refractivity contribution is 5.88. The number of nitrogens with one attached hydrogen (secondary N) is 1. The van der Waals surface area contributed by atoms with Gasteiger partial charge in [0, 0.05) is 5.56 Å². The minimum atomic E-state index is -0.575. The first kappa shape index (κ1) is 8.74. The molecule has 1 aromatic carbocycles. The van der Waals surface area contributed by atoms with Gasteiger partial charge in [0.05, 0.1) is 5.69 Å². The maximum atomic E-state index is 12.9. The number of cyclic esters (lactones) is 1. The van der Waals surface area contributed by atoms with Crippen molar-refractivity contribution >= 4 is 11.8 Å². The number of anilines is 1. The minimum absolute atomic E-state index is 0.365. The van der Waals surface area contributed by atoms with Crippen LogP contribution >= 0.6 is 0 Å². The zero-order valence-corrected chi connectivity index (χ0v) is 7.29. The van der Waals surface area contributed by atoms with Crippen LogP contribution in [0, 0.1) is 5.82 Å². The molecular weight excluding hydrogens is 185 g/mol. The molecule has 1 N–H and O–H groups in total. The number of carbonyl (C=O) groups is 1. The van der Waals surface area contributed by atoms with Crippen molar-refractivity contribution in [3.63, 3.8) is 0 Å². The summed E-state index contributed by atoms with van der Waals surface area (Å²) in [5.41, 5.74) is 1.15. The third-order valence-corrected chi connectivity index (χ3v) is 2.00. The summed E-state index contributed by atoms with van der Waals surface area (Å²) >= 11 is 0. The van der Waals surface area contributed by atoms with E-state index < -0.39 is 12.2 Å². The summed E-state index contributed by atoms with van der Waals surface area (Å²) in [6.07, 6.45) is 0.334. The lowest BCUT2D eigenvalue weighted by Crippen LogP contribution is -2.23. The van der Waals surface area contributed by atoms with Gasteiger partial charge in [0.15, 0.2) is 0 Å². The molecule has 1 atom stereocenters. The van der Waals surface area contributed by atoms with Crippen molar-refractivity contribution in [2.24, 2.45) is 0 Å². The Bertz CT molecular complexity index is 403. The van der Waals surface area contributed by atoms with Gasteiger partial charge in [0.25, 0.3) is 0 Å². The molecule has 0 radical (unpaired) electrons. The Morgan fingerprint density at radius 3 is 3.07 bits per heavy atom. The Hall–Kier alpha value is -1.84. The zero-order valence-electron chi connectivity index (χ0n) is 7.29. The molecular formula is C10H8FNO2. The molecule has 3 nitrogen and oxygen atoms in total. The lowest BCUT2D eigenvalue weighted by atomic mass is 10.1. The first-order chi connectivity index (χ1) is 6.70. The van der Waals surface area contributed by atoms with E-state index in [1.807, 2.05) is 0 Å². The fraction of sp³-hybridized carbons (Fsp3) is 0.100. The molecule has 1 amide bonds. The second-order valence-electron chi connectivity index (χ2n) is 2.92. The van der Waals surface area contributed by atoms with Gasteiger partial charge in [-0.25, -0.2) is 9.18 Å². The molecule has 0 saturated carbocycles. The second kappa shape index (κ2) is 3.14. The molecule has 1 aliphatic rings. The summed E-state index contributed by atoms with van der Waals surface area (Å²) in [6, 6.07) is 4.10. The van der Waals surface area contributed by atoms with Crippen LogP contribution in [0.5, 0.6) is 0 Å². The Balaban J connectivity index is 2.51. The molecule has 4 heteroatoms. The van der Waals surface area contributed by atoms with Crippen LogP contribution in [0.1, 0.15) is 11.7 Å². The number of rotatable bonds is 1. The largest absolute Gasteiger partial charge is 0.437 e. The first-order valence-electron chi connectivity index (χ1n) is 4.10. The molecule has 0 aromatic heterocycles. The number of ether oxygens (including phenoxy) is 1. The molecule has 0 spiro atoms. The highest BCUT2D eigenvalue weighted by Gasteiger charge is 2.23. The number of halogens is 1. The summed E-state index contributed by atoms with van der Waals surface area (Å²) in [6.45, 7) is 3.52. The lowest BCUT2D eigenvalue weighted by Gasteiger charge is -2.23. The fourth-order valence-corrected chi connectivity index (χ4v) is 1.38. The Morgan fingerprint density at radius 2 is 2.36 bits per heavy atom. The molecule has 1 unspecified atom stereocenters. The lowest BCUT2D eigenvalue weighted by molar-refractivity contribution is 0.130. The number of hydrogen-bond acceptors (Lipinski definition) is 2. The van der Waals surface area contributed by atoms with Crippen molar-refractivity contribution in [3.8, 4) is 0 Å². The van der Waals surface area contributed by atoms with E-state index in [0.717, 1.165) is 0 Å². The summed E-state index contributed by atoms with van der Waals surface area (Å²) in [7, 11) is 0. The van der Waals surface area contributed by atoms with Crippen LogP contribution in [0.3, 0.4) is 0 Å². The normalized spacial score (nSPS) is 19.2. The molecule has 0 saturated heterocycles. The van der Waals surface area contributed by atoms with E-state index in [0.29, 0.717) is 11.3 Å². The van der Waals surface area contributed by atoms with Gasteiger partial charge in [-0.2, -0.15) is 0 Å². The maximum Gasteiger partial charge on any atom is 0.412 e. The Kier molecular flexibility index (Phi) is 1.96. The number of benzene rings is 1. The number of carbonyl (C=O) groups excluding carboxylic acids is 1. The van der Waals surface area contributed by atoms with Crippen molar-refractivity contribution in [3.05, 3.63) is 42.2 Å². The predicted octanol–water partition coefficient (Wildman–Crippen LogP) is 2.61. The van der Waals surface area contributed by atoms with E-state index in [4.69, 9.17) is 4.74 Å². The molecule has 0 bridgehead atoms. The summed E-state index contributed by atoms with van der Waals surface area (Å²) in [4.78, 5) is 11.0. The van der Waals surface area contributed by atoms with Gasteiger partial charge in [0.2, 0.25) is 0 Å². The van der Waals surface area contributed by atoms with Crippen LogP contribution in [0.2, 0.25) is 0 Å². The molecule has 2 rings (SSSR count). The van der Waals surface area contributed by atoms with Crippen molar-refractivity contribution in [2.75, 3.05) is 5.32 Å². The molecule has 0 aliphatic carbocycles. The van der Waals surface area contributed by atoms with E-state index in [1.165, 1.54) is 24.3 Å². The number of hydrogen-bond donors (Lipinski definition) is 1. The predicted molar refractivity (Wildman–Crippen MR) is 49.4 cm³/mol. The second-order valence-corrected chi connectivity index (χ2v) is 2.92. The Labute approximate surface area is 80.2 Å². The van der Waals surface area contributed by atoms with Crippen LogP contribution in [-0.4, -0.2) is 6.09 Å². The van der Waals surface area contributed by atoms with Gasteiger partial charge in [-0.1, -0.05) is 6.58 Å². The van der Waals surface area contributed by atoms with Gasteiger partial charge < -0.3 is 4.74 Å². The number of amides is 1. The van der Waals surface area contributed by atoms with Crippen LogP contribution in [0.15, 0.2) is 30.9 Å². The molecule has 1 aliphatic heterocycles. The number of fused-ring (bicyclic) bond motifs is 1. The average molecular weight is 193 g/mol. The van der Waals surface area contributed by atoms with E-state index in [9.17, 15) is 9.18 Å². The maximum absolute atomic E-state index is 12.9. The molecule has 1 aromatic rings. The summed E-state index contributed by atoms with van der Waals surface area (Å²) in [5.74, 6) is -0.365. The standard InChI is InChI=1S/C10H8FNO2/c1-2-9-7-5-6(11)3-4-8(7)12-10(13)14-9/h2-5,9H,1H2,(H,12,13). The highest BCUT2D eigenvalue weighted by Crippen LogP contribution is 2.31. The topological polar surface area (TPSA) is 38.3 Å². The first-order valence-corrected chi connectivity index (χ1v) is 4.10. The Morgan fingerprint density at radius 1 is 1.57 bits per heavy atom. The van der Waals surface area contributed by atoms with Crippen molar-refractivity contribution in [1.82, 2.24) is 0 Å². The molecule has 14 heavy (non-hydrogen) atoms. The molecule has 1 heterocycles. The van der Waals surface area contributed by atoms with Crippen LogP contribution in [0.25, 0.3) is 0 Å². The van der Waals surface area contributed by atoms with Crippen molar-refractivity contribution in [2.45, 2.75) is 6.10 Å². The van der Waals surface area contributed by atoms with E-state index >= 15 is 0 Å². The van der Waals surface area contributed by atoms with Gasteiger partial charge in [-0.15, -0.1) is 0 Å². The van der Waals surface area contributed by atoms with Crippen LogP contribution in [0.4, 0.5) is 14.9 Å². The highest BCUT2D eigenvalue weighted by atomic mass is 19.1. The third kappa shape index (κ3) is 1.35. The van der Waals surface area contributed by atoms with Crippen molar-refractivity contribution in [1.29, 1.82) is 0 Å². The van der Waals surface area contributed by atoms with Crippen molar-refractivity contribution < 1.29 is 13.9 Å². The average Bonchev–Trinajstić information content (AvgIpc) is 2.17. The zero-order chi connectivity index (χ0) is 10.1. The summed E-state index contributed by atoms with van der Waals surface area (Å²) < 4.78 is 17.8. The van der Waals surface area contributed by atoms with Crippen LogP contribution < -0.4 is 5.32 Å². The van der Waals surface area contributed by atoms with E-state index in [2.05, 4.69) is 11.9 Å². The van der Waals surface area contributed by atoms with Gasteiger partial charge >= 0.3 is 6.09 Å². The summed E-state index contributed by atoms with van der Waals surface area (Å²) in [5, 5.41) is 2.48. The smallest absolute Gasteiger partial charge is 0.412 e. The quantitative estimate of drug-likeness (QED) is 0.696. The van der Waals surface area contributed by atoms with Gasteiger partial charge in [-0.05, 0) is 24.3 Å². The van der Waals surface area contributed by atoms with Gasteiger partial charge in [-0.3, -0.25) is 5.32 Å². The van der Waals surface area contributed by atoms with E-state index in [1.54, 1.807) is 0 Å². The van der Waals surface area contributed by atoms with Gasteiger partial charge in [0.1, 0.15) is 11.9 Å². The molecule has 72 valence electrons. The van der Waals surface area contributed by atoms with Crippen LogP contribution in [-0.2, 0) is 4.74 Å².